The van der Waals surface area contributed by atoms with E-state index in [1.807, 2.05) is 0 Å². The van der Waals surface area contributed by atoms with Crippen molar-refractivity contribution in [3.05, 3.63) is 77.9 Å². The fourth-order valence-electron chi connectivity index (χ4n) is 4.29. The Morgan fingerprint density at radius 3 is 2.61 bits per heavy atom. The van der Waals surface area contributed by atoms with Gasteiger partial charge in [0.2, 0.25) is 0 Å². The summed E-state index contributed by atoms with van der Waals surface area (Å²) in [5.74, 6) is 6.56. The molecule has 178 valence electrons. The number of allylic oxidation sites excluding steroid dienone is 5. The lowest BCUT2D eigenvalue weighted by molar-refractivity contribution is 0.158. The molecule has 1 nitrogen and oxygen atoms in total. The Kier molecular flexibility index (Phi) is 12.7. The zero-order chi connectivity index (χ0) is 23.9. The molecule has 0 aliphatic heterocycles. The zero-order valence-electron chi connectivity index (χ0n) is 21.0. The van der Waals surface area contributed by atoms with Gasteiger partial charge in [-0.1, -0.05) is 98.7 Å². The number of rotatable bonds is 9. The fraction of sp³-hybridized carbons (Fsp3) is 0.500. The van der Waals surface area contributed by atoms with E-state index in [0.29, 0.717) is 6.42 Å². The minimum absolute atomic E-state index is 0.0892. The van der Waals surface area contributed by atoms with E-state index >= 15 is 0 Å². The zero-order valence-corrected chi connectivity index (χ0v) is 21.0. The first-order chi connectivity index (χ1) is 16.0. The summed E-state index contributed by atoms with van der Waals surface area (Å²) >= 11 is 0. The van der Waals surface area contributed by atoms with Crippen molar-refractivity contribution in [2.24, 2.45) is 5.92 Å². The molecule has 1 unspecified atom stereocenters. The van der Waals surface area contributed by atoms with Crippen molar-refractivity contribution in [3.8, 4) is 11.8 Å². The van der Waals surface area contributed by atoms with Gasteiger partial charge < -0.3 is 5.11 Å². The summed E-state index contributed by atoms with van der Waals surface area (Å²) in [6.45, 7) is 12.2. The molecule has 0 aromatic heterocycles. The molecule has 1 aromatic carbocycles. The molecular weight excluding hydrogens is 400 g/mol. The van der Waals surface area contributed by atoms with Crippen LogP contribution < -0.4 is 0 Å². The molecule has 2 atom stereocenters. The minimum atomic E-state index is -0.316. The monoisotopic (exact) mass is 444 g/mol. The van der Waals surface area contributed by atoms with Crippen LogP contribution in [0.25, 0.3) is 5.57 Å². The van der Waals surface area contributed by atoms with Crippen LogP contribution in [0.5, 0.6) is 0 Å². The third-order valence-electron chi connectivity index (χ3n) is 6.26. The number of aliphatic hydroxyl groups is 1. The van der Waals surface area contributed by atoms with Crippen LogP contribution in [0.2, 0.25) is 0 Å². The standard InChI is InChI=1S/C22H24O.C10H20/c1-17-14-21(22(23)15-17)12-6-5-8-18-9-7-13-20(16-18)19-10-3-2-4-11-19;1-4-5-6-7-8-9-10(2)3/h3,7,9-11,13,16,21-23H,1-2,4-5,8,14-15H2;2,4-9H2,1,3H3/t21?,22-;/m1./s1. The highest BCUT2D eigenvalue weighted by Gasteiger charge is 2.25. The first kappa shape index (κ1) is 26.9. The van der Waals surface area contributed by atoms with Crippen molar-refractivity contribution < 1.29 is 5.11 Å². The minimum Gasteiger partial charge on any atom is -0.391 e. The summed E-state index contributed by atoms with van der Waals surface area (Å²) in [5.41, 5.74) is 6.41. The lowest BCUT2D eigenvalue weighted by Gasteiger charge is -2.08. The predicted octanol–water partition coefficient (Wildman–Crippen LogP) is 8.61. The van der Waals surface area contributed by atoms with Crippen LogP contribution in [0.3, 0.4) is 0 Å². The van der Waals surface area contributed by atoms with E-state index in [0.717, 1.165) is 37.7 Å². The highest BCUT2D eigenvalue weighted by Crippen LogP contribution is 2.28. The molecule has 2 aliphatic carbocycles. The molecule has 0 heterocycles. The topological polar surface area (TPSA) is 20.2 Å². The Balaban J connectivity index is 0.000000328. The van der Waals surface area contributed by atoms with Crippen LogP contribution in [0.15, 0.2) is 66.8 Å². The van der Waals surface area contributed by atoms with Crippen molar-refractivity contribution in [1.29, 1.82) is 0 Å². The van der Waals surface area contributed by atoms with Gasteiger partial charge in [0.1, 0.15) is 0 Å². The molecular formula is C32H44O. The Labute approximate surface area is 203 Å². The average Bonchev–Trinajstić information content (AvgIpc) is 3.14. The van der Waals surface area contributed by atoms with Crippen molar-refractivity contribution >= 4 is 5.57 Å². The third-order valence-corrected chi connectivity index (χ3v) is 6.26. The van der Waals surface area contributed by atoms with Crippen LogP contribution in [-0.2, 0) is 6.42 Å². The first-order valence-corrected chi connectivity index (χ1v) is 12.9. The van der Waals surface area contributed by atoms with Crippen LogP contribution in [-0.4, -0.2) is 11.2 Å². The molecule has 1 saturated carbocycles. The van der Waals surface area contributed by atoms with Crippen molar-refractivity contribution in [3.63, 3.8) is 0 Å². The van der Waals surface area contributed by atoms with Crippen LogP contribution in [0.4, 0.5) is 0 Å². The third kappa shape index (κ3) is 10.9. The summed E-state index contributed by atoms with van der Waals surface area (Å²) in [7, 11) is 0. The summed E-state index contributed by atoms with van der Waals surface area (Å²) in [6, 6.07) is 8.75. The summed E-state index contributed by atoms with van der Waals surface area (Å²) in [5, 5.41) is 9.88. The Morgan fingerprint density at radius 1 is 1.12 bits per heavy atom. The van der Waals surface area contributed by atoms with Gasteiger partial charge >= 0.3 is 0 Å². The second kappa shape index (κ2) is 15.5. The first-order valence-electron chi connectivity index (χ1n) is 12.9. The SMILES string of the molecule is C=C(C)CCCCCCC.C=C1CC(C#CCCc2cccc(C3=CCCC=C3)c2)[C@H](O)C1. The van der Waals surface area contributed by atoms with Gasteiger partial charge in [0.15, 0.2) is 0 Å². The number of aryl methyl sites for hydroxylation is 1. The molecule has 0 bridgehead atoms. The van der Waals surface area contributed by atoms with Crippen LogP contribution >= 0.6 is 0 Å². The lowest BCUT2D eigenvalue weighted by atomic mass is 9.97. The van der Waals surface area contributed by atoms with Gasteiger partial charge in [0, 0.05) is 6.42 Å². The summed E-state index contributed by atoms with van der Waals surface area (Å²) in [4.78, 5) is 0. The number of hydrogen-bond acceptors (Lipinski definition) is 1. The maximum atomic E-state index is 9.88. The predicted molar refractivity (Wildman–Crippen MR) is 145 cm³/mol. The molecule has 1 fully saturated rings. The Bertz CT molecular complexity index is 873. The van der Waals surface area contributed by atoms with Gasteiger partial charge in [-0.25, -0.2) is 0 Å². The number of benzene rings is 1. The molecule has 0 spiro atoms. The van der Waals surface area contributed by atoms with Gasteiger partial charge in [-0.15, -0.1) is 12.5 Å². The quantitative estimate of drug-likeness (QED) is 0.230. The number of unbranched alkanes of at least 4 members (excludes halogenated alkanes) is 4. The smallest absolute Gasteiger partial charge is 0.0717 e. The molecule has 0 saturated heterocycles. The highest BCUT2D eigenvalue weighted by atomic mass is 16.3. The molecule has 0 amide bonds. The molecule has 2 aliphatic rings. The van der Waals surface area contributed by atoms with E-state index in [-0.39, 0.29) is 12.0 Å². The molecule has 33 heavy (non-hydrogen) atoms. The maximum Gasteiger partial charge on any atom is 0.0717 e. The molecule has 0 radical (unpaired) electrons. The van der Waals surface area contributed by atoms with E-state index in [4.69, 9.17) is 0 Å². The van der Waals surface area contributed by atoms with E-state index in [9.17, 15) is 5.11 Å². The average molecular weight is 445 g/mol. The second-order valence-corrected chi connectivity index (χ2v) is 9.61. The van der Waals surface area contributed by atoms with E-state index in [1.54, 1.807) is 0 Å². The molecule has 1 N–H and O–H groups in total. The van der Waals surface area contributed by atoms with Gasteiger partial charge in [0.05, 0.1) is 12.0 Å². The van der Waals surface area contributed by atoms with Gasteiger partial charge in [-0.2, -0.15) is 0 Å². The largest absolute Gasteiger partial charge is 0.391 e. The Morgan fingerprint density at radius 2 is 1.94 bits per heavy atom. The van der Waals surface area contributed by atoms with Crippen LogP contribution in [0.1, 0.15) is 95.6 Å². The van der Waals surface area contributed by atoms with Gasteiger partial charge in [-0.3, -0.25) is 0 Å². The fourth-order valence-corrected chi connectivity index (χ4v) is 4.29. The molecule has 3 rings (SSSR count). The van der Waals surface area contributed by atoms with Crippen molar-refractivity contribution in [1.82, 2.24) is 0 Å². The highest BCUT2D eigenvalue weighted by molar-refractivity contribution is 5.75. The lowest BCUT2D eigenvalue weighted by Crippen LogP contribution is -2.10. The Hall–Kier alpha value is -2.30. The van der Waals surface area contributed by atoms with Crippen LogP contribution in [0, 0.1) is 17.8 Å². The van der Waals surface area contributed by atoms with Crippen molar-refractivity contribution in [2.75, 3.05) is 0 Å². The normalized spacial score (nSPS) is 19.2. The number of hydrogen-bond donors (Lipinski definition) is 1. The van der Waals surface area contributed by atoms with Gasteiger partial charge in [-0.05, 0) is 68.6 Å². The van der Waals surface area contributed by atoms with E-state index in [2.05, 4.69) is 81.3 Å². The van der Waals surface area contributed by atoms with Crippen molar-refractivity contribution in [2.45, 2.75) is 97.0 Å². The summed E-state index contributed by atoms with van der Waals surface area (Å²) in [6.07, 6.45) is 20.2. The second-order valence-electron chi connectivity index (χ2n) is 9.61. The van der Waals surface area contributed by atoms with E-state index < -0.39 is 0 Å². The maximum absolute atomic E-state index is 9.88. The molecule has 1 heteroatoms. The molecule has 1 aromatic rings. The van der Waals surface area contributed by atoms with E-state index in [1.165, 1.54) is 60.8 Å². The summed E-state index contributed by atoms with van der Waals surface area (Å²) < 4.78 is 0. The van der Waals surface area contributed by atoms with Gasteiger partial charge in [0.25, 0.3) is 0 Å². The number of aliphatic hydroxyl groups excluding tert-OH is 1.